The number of benzene rings is 2. The van der Waals surface area contributed by atoms with Gasteiger partial charge in [0.25, 0.3) is 10.1 Å². The number of aromatic nitrogens is 2. The van der Waals surface area contributed by atoms with E-state index in [2.05, 4.69) is 4.98 Å². The number of rotatable bonds is 7. The van der Waals surface area contributed by atoms with Crippen LogP contribution in [-0.2, 0) is 14.3 Å². The molecule has 2 heterocycles. The van der Waals surface area contributed by atoms with E-state index >= 15 is 0 Å². The van der Waals surface area contributed by atoms with Crippen molar-refractivity contribution in [2.75, 3.05) is 6.61 Å². The molecule has 8 heteroatoms. The molecule has 4 rings (SSSR count). The molecule has 32 heavy (non-hydrogen) atoms. The van der Waals surface area contributed by atoms with E-state index in [1.165, 1.54) is 12.1 Å². The summed E-state index contributed by atoms with van der Waals surface area (Å²) in [5.74, 6) is 0. The van der Waals surface area contributed by atoms with Crippen LogP contribution in [-0.4, -0.2) is 35.8 Å². The van der Waals surface area contributed by atoms with Gasteiger partial charge in [0.2, 0.25) is 0 Å². The van der Waals surface area contributed by atoms with Crippen LogP contribution < -0.4 is 0 Å². The van der Waals surface area contributed by atoms with Gasteiger partial charge in [-0.15, -0.1) is 0 Å². The summed E-state index contributed by atoms with van der Waals surface area (Å²) >= 11 is 6.45. The van der Waals surface area contributed by atoms with Crippen molar-refractivity contribution >= 4 is 32.6 Å². The molecule has 2 aromatic heterocycles. The van der Waals surface area contributed by atoms with Gasteiger partial charge in [-0.1, -0.05) is 59.6 Å². The Morgan fingerprint density at radius 1 is 1.06 bits per heavy atom. The lowest BCUT2D eigenvalue weighted by Crippen LogP contribution is -2.30. The Morgan fingerprint density at radius 2 is 1.75 bits per heavy atom. The van der Waals surface area contributed by atoms with Crippen molar-refractivity contribution < 1.29 is 17.7 Å². The molecule has 0 bridgehead atoms. The first-order chi connectivity index (χ1) is 15.3. The summed E-state index contributed by atoms with van der Waals surface area (Å²) in [5.41, 5.74) is 3.16. The van der Waals surface area contributed by atoms with Crippen LogP contribution in [0.25, 0.3) is 10.9 Å². The lowest BCUT2D eigenvalue weighted by Gasteiger charge is -2.26. The van der Waals surface area contributed by atoms with Crippen LogP contribution >= 0.6 is 11.6 Å². The third-order valence-electron chi connectivity index (χ3n) is 5.29. The molecule has 2 aromatic carbocycles. The SMILES string of the molecule is Cc1ccc(S(=O)(=O)OC[C@@H](O)[C@H](c2ccccc2)n2ccc3cc(C)nc(Cl)c32)cc1. The Balaban J connectivity index is 1.68. The predicted molar refractivity (Wildman–Crippen MR) is 124 cm³/mol. The maximum Gasteiger partial charge on any atom is 0.297 e. The molecule has 0 aliphatic carbocycles. The van der Waals surface area contributed by atoms with E-state index < -0.39 is 28.9 Å². The number of aryl methyl sites for hydroxylation is 2. The van der Waals surface area contributed by atoms with Gasteiger partial charge >= 0.3 is 0 Å². The molecule has 0 saturated heterocycles. The minimum absolute atomic E-state index is 0.0423. The minimum atomic E-state index is -4.02. The van der Waals surface area contributed by atoms with E-state index in [0.29, 0.717) is 10.7 Å². The molecule has 1 N–H and O–H groups in total. The van der Waals surface area contributed by atoms with Crippen molar-refractivity contribution in [1.82, 2.24) is 9.55 Å². The first kappa shape index (κ1) is 22.5. The highest BCUT2D eigenvalue weighted by molar-refractivity contribution is 7.86. The molecule has 0 saturated carbocycles. The topological polar surface area (TPSA) is 81.4 Å². The van der Waals surface area contributed by atoms with Crippen LogP contribution in [0.1, 0.15) is 22.9 Å². The molecular weight excluding hydrogens is 448 g/mol. The van der Waals surface area contributed by atoms with Crippen molar-refractivity contribution in [2.24, 2.45) is 0 Å². The molecule has 0 fully saturated rings. The van der Waals surface area contributed by atoms with Crippen molar-refractivity contribution in [3.63, 3.8) is 0 Å². The summed E-state index contributed by atoms with van der Waals surface area (Å²) in [4.78, 5) is 4.38. The molecule has 2 atom stereocenters. The predicted octanol–water partition coefficient (Wildman–Crippen LogP) is 4.66. The zero-order valence-corrected chi connectivity index (χ0v) is 19.2. The molecule has 166 valence electrons. The fraction of sp³-hybridized carbons (Fsp3) is 0.208. The molecule has 0 radical (unpaired) electrons. The summed E-state index contributed by atoms with van der Waals surface area (Å²) < 4.78 is 32.3. The fourth-order valence-electron chi connectivity index (χ4n) is 3.74. The molecular formula is C24H23ClN2O4S. The zero-order chi connectivity index (χ0) is 22.9. The second kappa shape index (κ2) is 9.03. The Kier molecular flexibility index (Phi) is 6.35. The Hall–Kier alpha value is -2.71. The third-order valence-corrected chi connectivity index (χ3v) is 6.85. The number of hydrogen-bond acceptors (Lipinski definition) is 5. The van der Waals surface area contributed by atoms with Gasteiger partial charge in [-0.05, 0) is 43.7 Å². The molecule has 4 aromatic rings. The van der Waals surface area contributed by atoms with Crippen molar-refractivity contribution in [1.29, 1.82) is 0 Å². The number of hydrogen-bond donors (Lipinski definition) is 1. The van der Waals surface area contributed by atoms with Crippen molar-refractivity contribution in [2.45, 2.75) is 30.9 Å². The summed E-state index contributed by atoms with van der Waals surface area (Å²) in [5, 5.41) is 12.3. The molecule has 0 spiro atoms. The van der Waals surface area contributed by atoms with E-state index in [4.69, 9.17) is 15.8 Å². The molecule has 0 aliphatic rings. The molecule has 0 amide bonds. The summed E-state index contributed by atoms with van der Waals surface area (Å²) in [6, 6.07) is 18.8. The number of nitrogens with zero attached hydrogens (tertiary/aromatic N) is 2. The second-order valence-corrected chi connectivity index (χ2v) is 9.66. The van der Waals surface area contributed by atoms with Gasteiger partial charge in [0.1, 0.15) is 6.10 Å². The zero-order valence-electron chi connectivity index (χ0n) is 17.6. The van der Waals surface area contributed by atoms with E-state index in [0.717, 1.165) is 22.2 Å². The van der Waals surface area contributed by atoms with Gasteiger partial charge in [-0.25, -0.2) is 4.98 Å². The summed E-state index contributed by atoms with van der Waals surface area (Å²) in [7, 11) is -4.02. The van der Waals surface area contributed by atoms with Gasteiger partial charge in [-0.3, -0.25) is 4.18 Å². The van der Waals surface area contributed by atoms with Crippen LogP contribution in [0.4, 0.5) is 0 Å². The number of aliphatic hydroxyl groups excluding tert-OH is 1. The highest BCUT2D eigenvalue weighted by Gasteiger charge is 2.28. The number of aliphatic hydroxyl groups is 1. The summed E-state index contributed by atoms with van der Waals surface area (Å²) in [6.07, 6.45) is 0.637. The van der Waals surface area contributed by atoms with Gasteiger partial charge in [0.05, 0.1) is 23.1 Å². The summed E-state index contributed by atoms with van der Waals surface area (Å²) in [6.45, 7) is 3.30. The molecule has 0 aliphatic heterocycles. The largest absolute Gasteiger partial charge is 0.388 e. The number of pyridine rings is 1. The quantitative estimate of drug-likeness (QED) is 0.314. The fourth-order valence-corrected chi connectivity index (χ4v) is 5.01. The smallest absolute Gasteiger partial charge is 0.297 e. The maximum absolute atomic E-state index is 12.6. The normalized spacial score (nSPS) is 13.9. The number of halogens is 1. The third kappa shape index (κ3) is 4.56. The van der Waals surface area contributed by atoms with Gasteiger partial charge < -0.3 is 9.67 Å². The van der Waals surface area contributed by atoms with Gasteiger partial charge in [-0.2, -0.15) is 8.42 Å². The molecule has 0 unspecified atom stereocenters. The highest BCUT2D eigenvalue weighted by atomic mass is 35.5. The van der Waals surface area contributed by atoms with E-state index in [1.54, 1.807) is 12.1 Å². The highest BCUT2D eigenvalue weighted by Crippen LogP contribution is 2.32. The van der Waals surface area contributed by atoms with Crippen molar-refractivity contribution in [3.8, 4) is 0 Å². The Labute approximate surface area is 192 Å². The maximum atomic E-state index is 12.6. The van der Waals surface area contributed by atoms with Crippen LogP contribution in [0, 0.1) is 13.8 Å². The average molecular weight is 471 g/mol. The average Bonchev–Trinajstić information content (AvgIpc) is 3.17. The molecule has 6 nitrogen and oxygen atoms in total. The van der Waals surface area contributed by atoms with Crippen LogP contribution in [0.5, 0.6) is 0 Å². The first-order valence-electron chi connectivity index (χ1n) is 10.1. The first-order valence-corrected chi connectivity index (χ1v) is 11.9. The van der Waals surface area contributed by atoms with Crippen LogP contribution in [0.15, 0.2) is 77.8 Å². The Bertz CT molecular complexity index is 1340. The van der Waals surface area contributed by atoms with Gasteiger partial charge in [0.15, 0.2) is 5.15 Å². The van der Waals surface area contributed by atoms with Gasteiger partial charge in [0, 0.05) is 17.3 Å². The second-order valence-electron chi connectivity index (χ2n) is 7.69. The monoisotopic (exact) mass is 470 g/mol. The van der Waals surface area contributed by atoms with Crippen molar-refractivity contribution in [3.05, 3.63) is 94.9 Å². The lowest BCUT2D eigenvalue weighted by molar-refractivity contribution is 0.0785. The standard InChI is InChI=1S/C24H23ClN2O4S/c1-16-8-10-20(11-9-16)32(29,30)31-15-21(28)22(18-6-4-3-5-7-18)27-13-12-19-14-17(2)26-24(25)23(19)27/h3-14,21-22,28H,15H2,1-2H3/t21-,22+/m1/s1. The van der Waals surface area contributed by atoms with Crippen LogP contribution in [0.2, 0.25) is 5.15 Å². The van der Waals surface area contributed by atoms with E-state index in [1.807, 2.05) is 67.1 Å². The Morgan fingerprint density at radius 3 is 2.44 bits per heavy atom. The van der Waals surface area contributed by atoms with E-state index in [9.17, 15) is 13.5 Å². The van der Waals surface area contributed by atoms with Crippen LogP contribution in [0.3, 0.4) is 0 Å². The number of fused-ring (bicyclic) bond motifs is 1. The van der Waals surface area contributed by atoms with E-state index in [-0.39, 0.29) is 4.90 Å². The lowest BCUT2D eigenvalue weighted by atomic mass is 10.0. The minimum Gasteiger partial charge on any atom is -0.388 e.